The second-order valence-corrected chi connectivity index (χ2v) is 8.08. The summed E-state index contributed by atoms with van der Waals surface area (Å²) >= 11 is 6.09. The monoisotopic (exact) mass is 501 g/mol. The SMILES string of the molecule is COc1cc(N)c(Cl)cc1C(=O)N[C@@H]1CCN(CCCOc2ccc(F)cc2)C[C@@H]1OC.Cl. The van der Waals surface area contributed by atoms with E-state index >= 15 is 0 Å². The van der Waals surface area contributed by atoms with Gasteiger partial charge in [0.15, 0.2) is 0 Å². The quantitative estimate of drug-likeness (QED) is 0.401. The van der Waals surface area contributed by atoms with Crippen LogP contribution in [0, 0.1) is 5.82 Å². The van der Waals surface area contributed by atoms with Gasteiger partial charge in [0.2, 0.25) is 0 Å². The Labute approximate surface area is 204 Å². The van der Waals surface area contributed by atoms with Gasteiger partial charge in [-0.05, 0) is 43.2 Å². The second-order valence-electron chi connectivity index (χ2n) is 7.67. The molecule has 1 aliphatic rings. The van der Waals surface area contributed by atoms with E-state index in [1.807, 2.05) is 0 Å². The maximum atomic E-state index is 12.9. The highest BCUT2D eigenvalue weighted by atomic mass is 35.5. The predicted molar refractivity (Wildman–Crippen MR) is 129 cm³/mol. The van der Waals surface area contributed by atoms with Gasteiger partial charge < -0.3 is 30.2 Å². The van der Waals surface area contributed by atoms with Crippen LogP contribution in [0.2, 0.25) is 5.02 Å². The topological polar surface area (TPSA) is 86.0 Å². The zero-order valence-corrected chi connectivity index (χ0v) is 20.3. The van der Waals surface area contributed by atoms with Crippen LogP contribution in [0.1, 0.15) is 23.2 Å². The van der Waals surface area contributed by atoms with Gasteiger partial charge in [-0.1, -0.05) is 11.6 Å². The number of rotatable bonds is 9. The second kappa shape index (κ2) is 12.8. The Kier molecular flexibility index (Phi) is 10.5. The first kappa shape index (κ1) is 27.0. The molecule has 0 saturated carbocycles. The number of carbonyl (C=O) groups is 1. The van der Waals surface area contributed by atoms with Gasteiger partial charge in [0, 0.05) is 32.8 Å². The lowest BCUT2D eigenvalue weighted by Crippen LogP contribution is -2.55. The maximum absolute atomic E-state index is 12.9. The lowest BCUT2D eigenvalue weighted by atomic mass is 10.0. The minimum Gasteiger partial charge on any atom is -0.496 e. The van der Waals surface area contributed by atoms with Crippen molar-refractivity contribution in [3.63, 3.8) is 0 Å². The van der Waals surface area contributed by atoms with Crippen LogP contribution in [-0.4, -0.2) is 63.4 Å². The fourth-order valence-electron chi connectivity index (χ4n) is 3.76. The first-order valence-electron chi connectivity index (χ1n) is 10.5. The summed E-state index contributed by atoms with van der Waals surface area (Å²) in [5, 5.41) is 3.35. The molecule has 0 aromatic heterocycles. The first-order valence-corrected chi connectivity index (χ1v) is 10.9. The number of ether oxygens (including phenoxy) is 3. The van der Waals surface area contributed by atoms with Crippen molar-refractivity contribution in [3.8, 4) is 11.5 Å². The van der Waals surface area contributed by atoms with Gasteiger partial charge in [-0.15, -0.1) is 12.4 Å². The molecule has 0 bridgehead atoms. The molecule has 0 aliphatic carbocycles. The van der Waals surface area contributed by atoms with Crippen LogP contribution >= 0.6 is 24.0 Å². The molecule has 2 aromatic carbocycles. The molecule has 3 rings (SSSR count). The van der Waals surface area contributed by atoms with Gasteiger partial charge in [0.25, 0.3) is 5.91 Å². The molecule has 7 nitrogen and oxygen atoms in total. The summed E-state index contributed by atoms with van der Waals surface area (Å²) in [6.07, 6.45) is 1.42. The third-order valence-electron chi connectivity index (χ3n) is 5.53. The Bertz CT molecular complexity index is 917. The molecule has 2 atom stereocenters. The number of methoxy groups -OCH3 is 2. The fourth-order valence-corrected chi connectivity index (χ4v) is 3.92. The highest BCUT2D eigenvalue weighted by molar-refractivity contribution is 6.33. The molecule has 1 amide bonds. The van der Waals surface area contributed by atoms with E-state index in [0.29, 0.717) is 40.9 Å². The van der Waals surface area contributed by atoms with Crippen LogP contribution < -0.4 is 20.5 Å². The molecular weight excluding hydrogens is 472 g/mol. The molecule has 1 saturated heterocycles. The molecule has 1 aliphatic heterocycles. The Morgan fingerprint density at radius 3 is 2.67 bits per heavy atom. The van der Waals surface area contributed by atoms with E-state index in [9.17, 15) is 9.18 Å². The minimum absolute atomic E-state index is 0. The summed E-state index contributed by atoms with van der Waals surface area (Å²) in [6.45, 7) is 2.89. The maximum Gasteiger partial charge on any atom is 0.255 e. The number of nitrogens with zero attached hydrogens (tertiary/aromatic N) is 1. The normalized spacial score (nSPS) is 18.3. The molecular formula is C23H30Cl2FN3O4. The average Bonchev–Trinajstić information content (AvgIpc) is 2.80. The number of halogens is 3. The van der Waals surface area contributed by atoms with E-state index < -0.39 is 0 Å². The molecule has 3 N–H and O–H groups in total. The Morgan fingerprint density at radius 1 is 1.27 bits per heavy atom. The number of amides is 1. The summed E-state index contributed by atoms with van der Waals surface area (Å²) in [7, 11) is 3.13. The van der Waals surface area contributed by atoms with Crippen LogP contribution in [0.25, 0.3) is 0 Å². The van der Waals surface area contributed by atoms with E-state index in [1.54, 1.807) is 25.3 Å². The number of nitrogens with one attached hydrogen (secondary N) is 1. The Morgan fingerprint density at radius 2 is 2.00 bits per heavy atom. The number of likely N-dealkylation sites (tertiary alicyclic amines) is 1. The van der Waals surface area contributed by atoms with Crippen molar-refractivity contribution in [2.45, 2.75) is 25.0 Å². The zero-order valence-electron chi connectivity index (χ0n) is 18.7. The van der Waals surface area contributed by atoms with Crippen molar-refractivity contribution in [1.82, 2.24) is 10.2 Å². The summed E-state index contributed by atoms with van der Waals surface area (Å²) < 4.78 is 29.5. The molecule has 0 spiro atoms. The summed E-state index contributed by atoms with van der Waals surface area (Å²) in [6, 6.07) is 8.92. The third kappa shape index (κ3) is 7.37. The van der Waals surface area contributed by atoms with Crippen molar-refractivity contribution < 1.29 is 23.4 Å². The average molecular weight is 502 g/mol. The third-order valence-corrected chi connectivity index (χ3v) is 5.85. The van der Waals surface area contributed by atoms with Crippen molar-refractivity contribution in [2.24, 2.45) is 0 Å². The molecule has 1 heterocycles. The van der Waals surface area contributed by atoms with E-state index in [1.165, 1.54) is 25.3 Å². The number of hydrogen-bond donors (Lipinski definition) is 2. The van der Waals surface area contributed by atoms with E-state index in [0.717, 1.165) is 25.9 Å². The fraction of sp³-hybridized carbons (Fsp3) is 0.435. The van der Waals surface area contributed by atoms with Gasteiger partial charge in [0.1, 0.15) is 17.3 Å². The van der Waals surface area contributed by atoms with Crippen LogP contribution in [0.5, 0.6) is 11.5 Å². The minimum atomic E-state index is -0.282. The van der Waals surface area contributed by atoms with Crippen LogP contribution in [0.3, 0.4) is 0 Å². The van der Waals surface area contributed by atoms with Crippen molar-refractivity contribution in [2.75, 3.05) is 46.2 Å². The van der Waals surface area contributed by atoms with Gasteiger partial charge >= 0.3 is 0 Å². The van der Waals surface area contributed by atoms with Crippen molar-refractivity contribution in [1.29, 1.82) is 0 Å². The number of nitrogens with two attached hydrogens (primary N) is 1. The lowest BCUT2D eigenvalue weighted by Gasteiger charge is -2.38. The van der Waals surface area contributed by atoms with Crippen LogP contribution in [0.15, 0.2) is 36.4 Å². The smallest absolute Gasteiger partial charge is 0.255 e. The molecule has 2 aromatic rings. The first-order chi connectivity index (χ1) is 15.4. The molecule has 0 unspecified atom stereocenters. The zero-order chi connectivity index (χ0) is 23.1. The molecule has 1 fully saturated rings. The van der Waals surface area contributed by atoms with Gasteiger partial charge in [-0.2, -0.15) is 0 Å². The van der Waals surface area contributed by atoms with E-state index in [-0.39, 0.29) is 36.3 Å². The number of nitrogen functional groups attached to an aromatic ring is 1. The van der Waals surface area contributed by atoms with Crippen LogP contribution in [0.4, 0.5) is 10.1 Å². The van der Waals surface area contributed by atoms with Crippen molar-refractivity contribution in [3.05, 3.63) is 52.8 Å². The number of benzene rings is 2. The largest absolute Gasteiger partial charge is 0.496 e. The summed E-state index contributed by atoms with van der Waals surface area (Å²) in [4.78, 5) is 15.1. The highest BCUT2D eigenvalue weighted by Crippen LogP contribution is 2.29. The number of carbonyl (C=O) groups excluding carboxylic acids is 1. The Hall–Kier alpha value is -2.26. The predicted octanol–water partition coefficient (Wildman–Crippen LogP) is 3.78. The van der Waals surface area contributed by atoms with Gasteiger partial charge in [0.05, 0.1) is 42.1 Å². The number of piperidine rings is 1. The molecule has 33 heavy (non-hydrogen) atoms. The number of anilines is 1. The van der Waals surface area contributed by atoms with Crippen LogP contribution in [-0.2, 0) is 4.74 Å². The van der Waals surface area contributed by atoms with Gasteiger partial charge in [-0.25, -0.2) is 4.39 Å². The van der Waals surface area contributed by atoms with E-state index in [2.05, 4.69) is 10.2 Å². The van der Waals surface area contributed by atoms with E-state index in [4.69, 9.17) is 31.5 Å². The molecule has 10 heteroatoms. The summed E-state index contributed by atoms with van der Waals surface area (Å²) in [5.74, 6) is 0.463. The Balaban J connectivity index is 0.00000385. The lowest BCUT2D eigenvalue weighted by molar-refractivity contribution is 0.00527. The highest BCUT2D eigenvalue weighted by Gasteiger charge is 2.31. The van der Waals surface area contributed by atoms with Crippen molar-refractivity contribution >= 4 is 35.6 Å². The standard InChI is InChI=1S/C23H29ClFN3O4.ClH/c1-30-21-13-19(26)18(24)12-17(21)23(29)27-20-8-10-28(14-22(20)31-2)9-3-11-32-16-6-4-15(25)5-7-16;/h4-7,12-13,20,22H,3,8-11,14,26H2,1-2H3,(H,27,29);1H/t20-,22+;/m1./s1. The number of hydrogen-bond acceptors (Lipinski definition) is 6. The molecule has 0 radical (unpaired) electrons. The molecule has 182 valence electrons. The summed E-state index contributed by atoms with van der Waals surface area (Å²) in [5.41, 5.74) is 6.49. The van der Waals surface area contributed by atoms with Gasteiger partial charge in [-0.3, -0.25) is 4.79 Å².